The Bertz CT molecular complexity index is 900. The van der Waals surface area contributed by atoms with Gasteiger partial charge < -0.3 is 9.80 Å². The maximum absolute atomic E-state index is 13.3. The van der Waals surface area contributed by atoms with Crippen molar-refractivity contribution < 1.29 is 9.59 Å². The van der Waals surface area contributed by atoms with E-state index in [1.54, 1.807) is 28.4 Å². The summed E-state index contributed by atoms with van der Waals surface area (Å²) in [6, 6.07) is 7.03. The van der Waals surface area contributed by atoms with Crippen LogP contribution in [-0.2, 0) is 16.0 Å². The number of thiophene rings is 1. The van der Waals surface area contributed by atoms with Gasteiger partial charge in [0, 0.05) is 39.8 Å². The van der Waals surface area contributed by atoms with Gasteiger partial charge in [0.25, 0.3) is 0 Å². The second-order valence-corrected chi connectivity index (χ2v) is 9.48. The molecule has 29 heavy (non-hydrogen) atoms. The number of fused-ring (bicyclic) bond motifs is 1. The van der Waals surface area contributed by atoms with Crippen molar-refractivity contribution in [1.82, 2.24) is 9.80 Å². The van der Waals surface area contributed by atoms with Gasteiger partial charge in [0.1, 0.15) is 6.54 Å². The molecule has 3 rings (SSSR count). The number of hydrogen-bond acceptors (Lipinski definition) is 3. The van der Waals surface area contributed by atoms with Crippen molar-refractivity contribution in [2.24, 2.45) is 0 Å². The molecule has 1 aliphatic rings. The minimum atomic E-state index is -0.292. The highest BCUT2D eigenvalue weighted by molar-refractivity contribution is 7.10. The van der Waals surface area contributed by atoms with Crippen LogP contribution in [0.5, 0.6) is 0 Å². The first kappa shape index (κ1) is 22.4. The number of carbonyl (C=O) groups is 2. The summed E-state index contributed by atoms with van der Waals surface area (Å²) in [6.07, 6.45) is 1.01. The van der Waals surface area contributed by atoms with Crippen LogP contribution in [0.2, 0.25) is 10.0 Å². The standard InChI is InChI=1S/C21H23Cl3N2O2S/c1-13(2)26(19(27)5-8-22)12-20(28)25-9-6-18-16(7-10-29-18)21(25)15-4-3-14(23)11-17(15)24/h3-4,7,10-11,13,21H,5-6,8-9,12H2,1-2H3. The third-order valence-electron chi connectivity index (χ3n) is 5.10. The summed E-state index contributed by atoms with van der Waals surface area (Å²) in [5, 5.41) is 3.12. The predicted octanol–water partition coefficient (Wildman–Crippen LogP) is 5.39. The normalized spacial score (nSPS) is 16.1. The molecule has 0 radical (unpaired) electrons. The summed E-state index contributed by atoms with van der Waals surface area (Å²) in [5.41, 5.74) is 1.92. The molecule has 156 valence electrons. The van der Waals surface area contributed by atoms with Gasteiger partial charge in [-0.1, -0.05) is 29.3 Å². The number of amides is 2. The molecule has 2 heterocycles. The molecule has 8 heteroatoms. The molecule has 0 bridgehead atoms. The molecule has 4 nitrogen and oxygen atoms in total. The lowest BCUT2D eigenvalue weighted by molar-refractivity contribution is -0.143. The van der Waals surface area contributed by atoms with Crippen molar-refractivity contribution >= 4 is 58.0 Å². The lowest BCUT2D eigenvalue weighted by Crippen LogP contribution is -2.48. The number of benzene rings is 1. The van der Waals surface area contributed by atoms with Gasteiger partial charge in [-0.2, -0.15) is 0 Å². The second kappa shape index (κ2) is 9.69. The van der Waals surface area contributed by atoms with Crippen LogP contribution in [0.4, 0.5) is 0 Å². The molecule has 0 saturated carbocycles. The molecule has 1 aromatic heterocycles. The maximum Gasteiger partial charge on any atom is 0.243 e. The molecule has 1 unspecified atom stereocenters. The first-order valence-electron chi connectivity index (χ1n) is 9.49. The van der Waals surface area contributed by atoms with Gasteiger partial charge >= 0.3 is 0 Å². The maximum atomic E-state index is 13.3. The molecule has 2 amide bonds. The molecule has 0 spiro atoms. The van der Waals surface area contributed by atoms with Gasteiger partial charge in [0.2, 0.25) is 11.8 Å². The summed E-state index contributed by atoms with van der Waals surface area (Å²) in [6.45, 7) is 4.40. The zero-order chi connectivity index (χ0) is 21.1. The third-order valence-corrected chi connectivity index (χ3v) is 6.85. The van der Waals surface area contributed by atoms with Gasteiger partial charge in [-0.3, -0.25) is 9.59 Å². The fraction of sp³-hybridized carbons (Fsp3) is 0.429. The largest absolute Gasteiger partial charge is 0.331 e. The van der Waals surface area contributed by atoms with Crippen molar-refractivity contribution in [2.45, 2.75) is 38.8 Å². The van der Waals surface area contributed by atoms with Crippen LogP contribution in [0, 0.1) is 0 Å². The minimum Gasteiger partial charge on any atom is -0.331 e. The summed E-state index contributed by atoms with van der Waals surface area (Å²) in [5.74, 6) is 0.0217. The Kier molecular flexibility index (Phi) is 7.49. The van der Waals surface area contributed by atoms with Crippen molar-refractivity contribution in [2.75, 3.05) is 19.0 Å². The quantitative estimate of drug-likeness (QED) is 0.527. The number of carbonyl (C=O) groups excluding carboxylic acids is 2. The zero-order valence-electron chi connectivity index (χ0n) is 16.3. The van der Waals surface area contributed by atoms with E-state index in [0.717, 1.165) is 17.5 Å². The minimum absolute atomic E-state index is 0.0224. The van der Waals surface area contributed by atoms with Crippen LogP contribution in [0.1, 0.15) is 42.3 Å². The van der Waals surface area contributed by atoms with E-state index in [-0.39, 0.29) is 42.7 Å². The molecule has 1 atom stereocenters. The summed E-state index contributed by atoms with van der Waals surface area (Å²) < 4.78 is 0. The van der Waals surface area contributed by atoms with Gasteiger partial charge in [-0.15, -0.1) is 22.9 Å². The molecule has 0 saturated heterocycles. The number of hydrogen-bond donors (Lipinski definition) is 0. The molecule has 2 aromatic rings. The Morgan fingerprint density at radius 3 is 2.66 bits per heavy atom. The highest BCUT2D eigenvalue weighted by atomic mass is 35.5. The van der Waals surface area contributed by atoms with Crippen molar-refractivity contribution in [3.8, 4) is 0 Å². The molecule has 1 aromatic carbocycles. The van der Waals surface area contributed by atoms with E-state index in [2.05, 4.69) is 0 Å². The predicted molar refractivity (Wildman–Crippen MR) is 120 cm³/mol. The van der Waals surface area contributed by atoms with Crippen LogP contribution in [0.3, 0.4) is 0 Å². The number of halogens is 3. The second-order valence-electron chi connectivity index (χ2n) is 7.26. The van der Waals surface area contributed by atoms with E-state index < -0.39 is 0 Å². The van der Waals surface area contributed by atoms with E-state index in [0.29, 0.717) is 16.6 Å². The van der Waals surface area contributed by atoms with Crippen LogP contribution < -0.4 is 0 Å². The van der Waals surface area contributed by atoms with E-state index >= 15 is 0 Å². The van der Waals surface area contributed by atoms with Gasteiger partial charge in [-0.25, -0.2) is 0 Å². The van der Waals surface area contributed by atoms with E-state index in [4.69, 9.17) is 34.8 Å². The Hall–Kier alpha value is -1.27. The van der Waals surface area contributed by atoms with E-state index in [9.17, 15) is 9.59 Å². The lowest BCUT2D eigenvalue weighted by Gasteiger charge is -2.38. The first-order valence-corrected chi connectivity index (χ1v) is 11.7. The fourth-order valence-electron chi connectivity index (χ4n) is 3.66. The number of rotatable bonds is 6. The topological polar surface area (TPSA) is 40.6 Å². The Balaban J connectivity index is 1.94. The van der Waals surface area contributed by atoms with Gasteiger partial charge in [0.15, 0.2) is 0 Å². The average molecular weight is 474 g/mol. The number of alkyl halides is 1. The Labute approximate surface area is 190 Å². The summed E-state index contributed by atoms with van der Waals surface area (Å²) in [7, 11) is 0. The Morgan fingerprint density at radius 2 is 2.00 bits per heavy atom. The smallest absolute Gasteiger partial charge is 0.243 e. The first-order chi connectivity index (χ1) is 13.8. The molecule has 0 N–H and O–H groups in total. The summed E-state index contributed by atoms with van der Waals surface area (Å²) >= 11 is 20.0. The van der Waals surface area contributed by atoms with Gasteiger partial charge in [0.05, 0.1) is 6.04 Å². The number of nitrogens with zero attached hydrogens (tertiary/aromatic N) is 2. The van der Waals surface area contributed by atoms with Crippen LogP contribution >= 0.6 is 46.1 Å². The Morgan fingerprint density at radius 1 is 1.24 bits per heavy atom. The highest BCUT2D eigenvalue weighted by Gasteiger charge is 2.35. The van der Waals surface area contributed by atoms with E-state index in [1.807, 2.05) is 36.3 Å². The summed E-state index contributed by atoms with van der Waals surface area (Å²) in [4.78, 5) is 30.5. The SMILES string of the molecule is CC(C)N(CC(=O)N1CCc2sccc2C1c1ccc(Cl)cc1Cl)C(=O)CCCl. The highest BCUT2D eigenvalue weighted by Crippen LogP contribution is 2.41. The van der Waals surface area contributed by atoms with Crippen molar-refractivity contribution in [3.05, 3.63) is 55.7 Å². The van der Waals surface area contributed by atoms with Crippen LogP contribution in [-0.4, -0.2) is 46.6 Å². The van der Waals surface area contributed by atoms with Crippen LogP contribution in [0.15, 0.2) is 29.6 Å². The molecule has 0 aliphatic carbocycles. The molecular weight excluding hydrogens is 451 g/mol. The van der Waals surface area contributed by atoms with Crippen molar-refractivity contribution in [3.63, 3.8) is 0 Å². The van der Waals surface area contributed by atoms with Gasteiger partial charge in [-0.05, 0) is 55.0 Å². The third kappa shape index (κ3) is 4.91. The molecule has 0 fully saturated rings. The fourth-order valence-corrected chi connectivity index (χ4v) is 5.24. The molecule has 1 aliphatic heterocycles. The monoisotopic (exact) mass is 472 g/mol. The average Bonchev–Trinajstić information content (AvgIpc) is 3.14. The lowest BCUT2D eigenvalue weighted by atomic mass is 9.93. The zero-order valence-corrected chi connectivity index (χ0v) is 19.4. The molecular formula is C21H23Cl3N2O2S. The van der Waals surface area contributed by atoms with Crippen LogP contribution in [0.25, 0.3) is 0 Å². The van der Waals surface area contributed by atoms with E-state index in [1.165, 1.54) is 4.88 Å². The van der Waals surface area contributed by atoms with Crippen molar-refractivity contribution in [1.29, 1.82) is 0 Å².